The SMILES string of the molecule is Cc1cc(O)c(-c2ncccc2O)nc1C. The summed E-state index contributed by atoms with van der Waals surface area (Å²) in [5.41, 5.74) is 2.30. The third-order valence-electron chi connectivity index (χ3n) is 2.46. The Morgan fingerprint density at radius 2 is 1.81 bits per heavy atom. The van der Waals surface area contributed by atoms with Crippen LogP contribution in [0.25, 0.3) is 11.4 Å². The molecule has 4 nitrogen and oxygen atoms in total. The van der Waals surface area contributed by atoms with E-state index >= 15 is 0 Å². The first kappa shape index (κ1) is 10.4. The lowest BCUT2D eigenvalue weighted by Crippen LogP contribution is -1.93. The standard InChI is InChI=1S/C12H12N2O2/c1-7-6-10(16)12(14-8(7)2)11-9(15)4-3-5-13-11/h3-6,15-16H,1-2H3. The summed E-state index contributed by atoms with van der Waals surface area (Å²) in [5.74, 6) is 0.0330. The van der Waals surface area contributed by atoms with Gasteiger partial charge in [-0.05, 0) is 37.6 Å². The van der Waals surface area contributed by atoms with Crippen molar-refractivity contribution >= 4 is 0 Å². The molecule has 0 saturated carbocycles. The summed E-state index contributed by atoms with van der Waals surface area (Å²) in [6.45, 7) is 3.71. The molecule has 0 aromatic carbocycles. The number of hydrogen-bond donors (Lipinski definition) is 2. The summed E-state index contributed by atoms with van der Waals surface area (Å²) in [6, 6.07) is 4.75. The molecule has 0 aliphatic heterocycles. The lowest BCUT2D eigenvalue weighted by Gasteiger charge is -2.07. The number of aromatic nitrogens is 2. The zero-order valence-corrected chi connectivity index (χ0v) is 9.10. The molecule has 0 amide bonds. The van der Waals surface area contributed by atoms with Crippen LogP contribution in [0.5, 0.6) is 11.5 Å². The average Bonchev–Trinajstić information content (AvgIpc) is 2.25. The van der Waals surface area contributed by atoms with Crippen LogP contribution < -0.4 is 0 Å². The van der Waals surface area contributed by atoms with E-state index in [0.717, 1.165) is 11.3 Å². The van der Waals surface area contributed by atoms with Gasteiger partial charge >= 0.3 is 0 Å². The van der Waals surface area contributed by atoms with E-state index in [1.165, 1.54) is 6.07 Å². The van der Waals surface area contributed by atoms with E-state index in [0.29, 0.717) is 11.4 Å². The molecule has 0 fully saturated rings. The Morgan fingerprint density at radius 1 is 1.06 bits per heavy atom. The minimum Gasteiger partial charge on any atom is -0.506 e. The van der Waals surface area contributed by atoms with Gasteiger partial charge in [0, 0.05) is 11.9 Å². The Balaban J connectivity index is 2.65. The summed E-state index contributed by atoms with van der Waals surface area (Å²) < 4.78 is 0. The molecule has 0 unspecified atom stereocenters. The van der Waals surface area contributed by atoms with E-state index in [1.807, 2.05) is 13.8 Å². The molecule has 0 spiro atoms. The Morgan fingerprint density at radius 3 is 2.50 bits per heavy atom. The van der Waals surface area contributed by atoms with Crippen LogP contribution in [0.4, 0.5) is 0 Å². The van der Waals surface area contributed by atoms with Gasteiger partial charge in [-0.1, -0.05) is 0 Å². The van der Waals surface area contributed by atoms with Gasteiger partial charge in [-0.2, -0.15) is 0 Å². The van der Waals surface area contributed by atoms with Crippen LogP contribution in [0.2, 0.25) is 0 Å². The molecular weight excluding hydrogens is 204 g/mol. The van der Waals surface area contributed by atoms with Crippen LogP contribution >= 0.6 is 0 Å². The maximum atomic E-state index is 9.78. The molecule has 0 saturated heterocycles. The lowest BCUT2D eigenvalue weighted by molar-refractivity contribution is 0.465. The second kappa shape index (κ2) is 3.81. The van der Waals surface area contributed by atoms with Gasteiger partial charge in [0.25, 0.3) is 0 Å². The summed E-state index contributed by atoms with van der Waals surface area (Å²) >= 11 is 0. The van der Waals surface area contributed by atoms with Crippen LogP contribution in [0.3, 0.4) is 0 Å². The first-order valence-electron chi connectivity index (χ1n) is 4.91. The molecule has 0 bridgehead atoms. The molecule has 2 heterocycles. The van der Waals surface area contributed by atoms with Crippen LogP contribution in [-0.4, -0.2) is 20.2 Å². The summed E-state index contributed by atoms with van der Waals surface area (Å²) in [5, 5.41) is 19.4. The van der Waals surface area contributed by atoms with E-state index < -0.39 is 0 Å². The molecule has 2 N–H and O–H groups in total. The Kier molecular flexibility index (Phi) is 2.48. The average molecular weight is 216 g/mol. The van der Waals surface area contributed by atoms with Gasteiger partial charge in [-0.3, -0.25) is 4.98 Å². The highest BCUT2D eigenvalue weighted by Crippen LogP contribution is 2.32. The second-order valence-corrected chi connectivity index (χ2v) is 3.63. The summed E-state index contributed by atoms with van der Waals surface area (Å²) in [6.07, 6.45) is 1.55. The van der Waals surface area contributed by atoms with Gasteiger partial charge in [0.15, 0.2) is 0 Å². The first-order valence-corrected chi connectivity index (χ1v) is 4.91. The number of aryl methyl sites for hydroxylation is 2. The second-order valence-electron chi connectivity index (χ2n) is 3.63. The van der Waals surface area contributed by atoms with Crippen molar-refractivity contribution in [1.82, 2.24) is 9.97 Å². The van der Waals surface area contributed by atoms with Gasteiger partial charge < -0.3 is 10.2 Å². The Hall–Kier alpha value is -2.10. The summed E-state index contributed by atoms with van der Waals surface area (Å²) in [4.78, 5) is 8.24. The highest BCUT2D eigenvalue weighted by molar-refractivity contribution is 5.68. The zero-order chi connectivity index (χ0) is 11.7. The number of pyridine rings is 2. The minimum absolute atomic E-state index is 0.00792. The molecule has 0 aliphatic carbocycles. The topological polar surface area (TPSA) is 66.2 Å². The normalized spacial score (nSPS) is 10.4. The Labute approximate surface area is 93.2 Å². The number of hydrogen-bond acceptors (Lipinski definition) is 4. The lowest BCUT2D eigenvalue weighted by atomic mass is 10.1. The van der Waals surface area contributed by atoms with Gasteiger partial charge in [-0.25, -0.2) is 4.98 Å². The fraction of sp³-hybridized carbons (Fsp3) is 0.167. The van der Waals surface area contributed by atoms with E-state index in [1.54, 1.807) is 18.3 Å². The molecule has 2 aromatic rings. The molecule has 2 aromatic heterocycles. The fourth-order valence-corrected chi connectivity index (χ4v) is 1.44. The van der Waals surface area contributed by atoms with Crippen molar-refractivity contribution in [2.24, 2.45) is 0 Å². The quantitative estimate of drug-likeness (QED) is 0.766. The van der Waals surface area contributed by atoms with Gasteiger partial charge in [0.1, 0.15) is 22.9 Å². The summed E-state index contributed by atoms with van der Waals surface area (Å²) in [7, 11) is 0. The van der Waals surface area contributed by atoms with Crippen LogP contribution in [-0.2, 0) is 0 Å². The highest BCUT2D eigenvalue weighted by Gasteiger charge is 2.13. The van der Waals surface area contributed by atoms with Crippen molar-refractivity contribution < 1.29 is 10.2 Å². The number of nitrogens with zero attached hydrogens (tertiary/aromatic N) is 2. The van der Waals surface area contributed by atoms with Crippen molar-refractivity contribution in [2.75, 3.05) is 0 Å². The predicted octanol–water partition coefficient (Wildman–Crippen LogP) is 2.17. The predicted molar refractivity (Wildman–Crippen MR) is 60.3 cm³/mol. The maximum absolute atomic E-state index is 9.78. The number of aromatic hydroxyl groups is 2. The van der Waals surface area contributed by atoms with Crippen LogP contribution in [0.1, 0.15) is 11.3 Å². The molecule has 0 aliphatic rings. The van der Waals surface area contributed by atoms with Gasteiger partial charge in [0.05, 0.1) is 0 Å². The third kappa shape index (κ3) is 1.69. The van der Waals surface area contributed by atoms with Crippen molar-refractivity contribution in [2.45, 2.75) is 13.8 Å². The zero-order valence-electron chi connectivity index (χ0n) is 9.10. The smallest absolute Gasteiger partial charge is 0.143 e. The fourth-order valence-electron chi connectivity index (χ4n) is 1.44. The monoisotopic (exact) mass is 216 g/mol. The van der Waals surface area contributed by atoms with Crippen molar-refractivity contribution in [3.8, 4) is 22.9 Å². The minimum atomic E-state index is 0.00792. The van der Waals surface area contributed by atoms with E-state index in [2.05, 4.69) is 9.97 Å². The van der Waals surface area contributed by atoms with Crippen LogP contribution in [0, 0.1) is 13.8 Å². The van der Waals surface area contributed by atoms with Crippen molar-refractivity contribution in [3.05, 3.63) is 35.7 Å². The number of rotatable bonds is 1. The highest BCUT2D eigenvalue weighted by atomic mass is 16.3. The molecule has 4 heteroatoms. The maximum Gasteiger partial charge on any atom is 0.143 e. The molecule has 0 radical (unpaired) electrons. The Bertz CT molecular complexity index is 539. The largest absolute Gasteiger partial charge is 0.506 e. The first-order chi connectivity index (χ1) is 7.59. The molecule has 2 rings (SSSR count). The third-order valence-corrected chi connectivity index (χ3v) is 2.46. The van der Waals surface area contributed by atoms with Crippen molar-refractivity contribution in [1.29, 1.82) is 0 Å². The van der Waals surface area contributed by atoms with E-state index in [9.17, 15) is 10.2 Å². The molecule has 82 valence electrons. The van der Waals surface area contributed by atoms with Gasteiger partial charge in [0.2, 0.25) is 0 Å². The molecular formula is C12H12N2O2. The van der Waals surface area contributed by atoms with Crippen LogP contribution in [0.15, 0.2) is 24.4 Å². The van der Waals surface area contributed by atoms with Crippen molar-refractivity contribution in [3.63, 3.8) is 0 Å². The molecule has 0 atom stereocenters. The molecule has 16 heavy (non-hydrogen) atoms. The van der Waals surface area contributed by atoms with E-state index in [4.69, 9.17) is 0 Å². The van der Waals surface area contributed by atoms with Gasteiger partial charge in [-0.15, -0.1) is 0 Å². The van der Waals surface area contributed by atoms with E-state index in [-0.39, 0.29) is 11.5 Å².